The molecule has 42 valence electrons. The highest BCUT2D eigenvalue weighted by Crippen LogP contribution is 2.11. The Balaban J connectivity index is 2.79. The summed E-state index contributed by atoms with van der Waals surface area (Å²) in [6.07, 6.45) is 4.53. The van der Waals surface area contributed by atoms with Gasteiger partial charge in [-0.25, -0.2) is 4.79 Å². The summed E-state index contributed by atoms with van der Waals surface area (Å²) in [6.45, 7) is 0. The van der Waals surface area contributed by atoms with Crippen LogP contribution in [-0.2, 0) is 4.79 Å². The minimum atomic E-state index is 0.713. The maximum atomic E-state index is 9.97. The van der Waals surface area contributed by atoms with Crippen LogP contribution in [0.1, 0.15) is 6.42 Å². The summed E-state index contributed by atoms with van der Waals surface area (Å²) in [6, 6.07) is 0. The van der Waals surface area contributed by atoms with Crippen molar-refractivity contribution in [1.82, 2.24) is 4.90 Å². The Morgan fingerprint density at radius 1 is 1.88 bits per heavy atom. The quantitative estimate of drug-likeness (QED) is 0.423. The minimum absolute atomic E-state index is 0.713. The van der Waals surface area contributed by atoms with Crippen molar-refractivity contribution in [3.05, 3.63) is 18.0 Å². The van der Waals surface area contributed by atoms with Crippen LogP contribution in [-0.4, -0.2) is 17.9 Å². The zero-order valence-electron chi connectivity index (χ0n) is 4.72. The molecule has 0 aliphatic carbocycles. The van der Waals surface area contributed by atoms with Crippen LogP contribution in [0.2, 0.25) is 0 Å². The maximum Gasteiger partial charge on any atom is 0.146 e. The van der Waals surface area contributed by atoms with E-state index in [4.69, 9.17) is 0 Å². The molecule has 0 aromatic heterocycles. The lowest BCUT2D eigenvalue weighted by molar-refractivity contribution is 0.542. The van der Waals surface area contributed by atoms with Crippen molar-refractivity contribution in [3.8, 4) is 0 Å². The number of carbonyl (C=O) groups excluding carboxylic acids is 1. The molecule has 0 amide bonds. The molecule has 1 aliphatic rings. The zero-order chi connectivity index (χ0) is 5.98. The first kappa shape index (κ1) is 5.13. The van der Waals surface area contributed by atoms with Crippen LogP contribution in [0.15, 0.2) is 18.0 Å². The van der Waals surface area contributed by atoms with Crippen LogP contribution in [0, 0.1) is 0 Å². The van der Waals surface area contributed by atoms with Crippen molar-refractivity contribution in [2.45, 2.75) is 6.42 Å². The van der Waals surface area contributed by atoms with E-state index in [0.717, 1.165) is 6.42 Å². The van der Waals surface area contributed by atoms with Gasteiger partial charge in [-0.3, -0.25) is 0 Å². The van der Waals surface area contributed by atoms with E-state index in [-0.39, 0.29) is 0 Å². The van der Waals surface area contributed by atoms with E-state index >= 15 is 0 Å². The van der Waals surface area contributed by atoms with Crippen molar-refractivity contribution in [3.63, 3.8) is 0 Å². The molecule has 0 spiro atoms. The zero-order valence-corrected chi connectivity index (χ0v) is 4.72. The van der Waals surface area contributed by atoms with E-state index in [1.165, 1.54) is 0 Å². The molecule has 2 nitrogen and oxygen atoms in total. The molecular weight excluding hydrogens is 102 g/mol. The lowest BCUT2D eigenvalue weighted by atomic mass is 10.4. The number of hydrogen-bond acceptors (Lipinski definition) is 2. The summed E-state index contributed by atoms with van der Waals surface area (Å²) in [7, 11) is 1.84. The molecule has 0 unspecified atom stereocenters. The van der Waals surface area contributed by atoms with Gasteiger partial charge in [0.05, 0.1) is 0 Å². The number of hydrogen-bond donors (Lipinski definition) is 0. The number of nitrogens with zero attached hydrogens (tertiary/aromatic N) is 1. The van der Waals surface area contributed by atoms with E-state index in [9.17, 15) is 4.79 Å². The molecule has 0 radical (unpaired) electrons. The van der Waals surface area contributed by atoms with Crippen LogP contribution in [0.25, 0.3) is 0 Å². The Labute approximate surface area is 48.1 Å². The first-order chi connectivity index (χ1) is 3.84. The van der Waals surface area contributed by atoms with Gasteiger partial charge >= 0.3 is 0 Å². The molecule has 0 saturated heterocycles. The van der Waals surface area contributed by atoms with Gasteiger partial charge in [-0.15, -0.1) is 0 Å². The highest BCUT2D eigenvalue weighted by molar-refractivity contribution is 5.53. The van der Waals surface area contributed by atoms with Crippen LogP contribution >= 0.6 is 0 Å². The Bertz CT molecular complexity index is 165. The second-order valence-electron chi connectivity index (χ2n) is 1.75. The predicted molar refractivity (Wildman–Crippen MR) is 30.7 cm³/mol. The van der Waals surface area contributed by atoms with E-state index in [1.807, 2.05) is 25.3 Å². The normalized spacial score (nSPS) is 17.1. The highest BCUT2D eigenvalue weighted by atomic mass is 16.1. The molecule has 0 saturated carbocycles. The Hall–Kier alpha value is -1.01. The highest BCUT2D eigenvalue weighted by Gasteiger charge is 2.04. The summed E-state index contributed by atoms with van der Waals surface area (Å²) in [5.41, 5.74) is 0.713. The molecule has 0 bridgehead atoms. The molecule has 0 atom stereocenters. The van der Waals surface area contributed by atoms with Gasteiger partial charge in [0.1, 0.15) is 11.6 Å². The van der Waals surface area contributed by atoms with Gasteiger partial charge in [0.15, 0.2) is 0 Å². The monoisotopic (exact) mass is 109 g/mol. The van der Waals surface area contributed by atoms with Crippen LogP contribution < -0.4 is 0 Å². The summed E-state index contributed by atoms with van der Waals surface area (Å²) in [5.74, 6) is 1.84. The average Bonchev–Trinajstić information content (AvgIpc) is 2.14. The maximum absolute atomic E-state index is 9.97. The number of rotatable bonds is 0. The second kappa shape index (κ2) is 1.85. The first-order valence-corrected chi connectivity index (χ1v) is 2.48. The SMILES string of the molecule is CN1C=CCC1=C=O. The third-order valence-corrected chi connectivity index (χ3v) is 1.18. The van der Waals surface area contributed by atoms with Gasteiger partial charge in [-0.1, -0.05) is 6.08 Å². The third-order valence-electron chi connectivity index (χ3n) is 1.18. The third kappa shape index (κ3) is 0.658. The van der Waals surface area contributed by atoms with Crippen molar-refractivity contribution in [1.29, 1.82) is 0 Å². The van der Waals surface area contributed by atoms with Crippen molar-refractivity contribution in [2.24, 2.45) is 0 Å². The average molecular weight is 109 g/mol. The van der Waals surface area contributed by atoms with Crippen molar-refractivity contribution < 1.29 is 4.79 Å². The molecule has 1 aliphatic heterocycles. The standard InChI is InChI=1S/C6H7NO/c1-7-4-2-3-6(7)5-8/h2,4H,3H2,1H3. The fourth-order valence-electron chi connectivity index (χ4n) is 0.670. The molecule has 0 aromatic carbocycles. The van der Waals surface area contributed by atoms with E-state index < -0.39 is 0 Å². The molecule has 1 heterocycles. The Morgan fingerprint density at radius 3 is 2.88 bits per heavy atom. The van der Waals surface area contributed by atoms with E-state index in [0.29, 0.717) is 5.70 Å². The van der Waals surface area contributed by atoms with Crippen molar-refractivity contribution >= 4 is 5.94 Å². The topological polar surface area (TPSA) is 20.3 Å². The molecular formula is C6H7NO. The Kier molecular flexibility index (Phi) is 1.18. The molecule has 0 fully saturated rings. The predicted octanol–water partition coefficient (Wildman–Crippen LogP) is 0.551. The molecule has 0 aromatic rings. The molecule has 1 rings (SSSR count). The van der Waals surface area contributed by atoms with Crippen LogP contribution in [0.4, 0.5) is 0 Å². The summed E-state index contributed by atoms with van der Waals surface area (Å²) in [5, 5.41) is 0. The molecule has 0 N–H and O–H groups in total. The summed E-state index contributed by atoms with van der Waals surface area (Å²) in [4.78, 5) is 11.7. The molecule has 2 heteroatoms. The summed E-state index contributed by atoms with van der Waals surface area (Å²) >= 11 is 0. The van der Waals surface area contributed by atoms with E-state index in [2.05, 4.69) is 0 Å². The minimum Gasteiger partial charge on any atom is -0.346 e. The first-order valence-electron chi connectivity index (χ1n) is 2.48. The van der Waals surface area contributed by atoms with E-state index in [1.54, 1.807) is 4.90 Å². The van der Waals surface area contributed by atoms with Gasteiger partial charge in [-0.2, -0.15) is 0 Å². The lowest BCUT2D eigenvalue weighted by Crippen LogP contribution is -2.03. The Morgan fingerprint density at radius 2 is 2.62 bits per heavy atom. The lowest BCUT2D eigenvalue weighted by Gasteiger charge is -2.04. The van der Waals surface area contributed by atoms with Gasteiger partial charge in [0.2, 0.25) is 0 Å². The second-order valence-corrected chi connectivity index (χ2v) is 1.75. The van der Waals surface area contributed by atoms with Gasteiger partial charge in [0.25, 0.3) is 0 Å². The van der Waals surface area contributed by atoms with Crippen molar-refractivity contribution in [2.75, 3.05) is 7.05 Å². The smallest absolute Gasteiger partial charge is 0.146 e. The summed E-state index contributed by atoms with van der Waals surface area (Å²) < 4.78 is 0. The van der Waals surface area contributed by atoms with Crippen LogP contribution in [0.5, 0.6) is 0 Å². The largest absolute Gasteiger partial charge is 0.346 e. The van der Waals surface area contributed by atoms with Gasteiger partial charge in [-0.05, 0) is 0 Å². The van der Waals surface area contributed by atoms with Crippen LogP contribution in [0.3, 0.4) is 0 Å². The molecule has 8 heavy (non-hydrogen) atoms. The number of allylic oxidation sites excluding steroid dienone is 1. The fourth-order valence-corrected chi connectivity index (χ4v) is 0.670. The van der Waals surface area contributed by atoms with Gasteiger partial charge < -0.3 is 4.90 Å². The van der Waals surface area contributed by atoms with Gasteiger partial charge in [0, 0.05) is 19.7 Å². The fraction of sp³-hybridized carbons (Fsp3) is 0.333.